The van der Waals surface area contributed by atoms with Gasteiger partial charge in [-0.25, -0.2) is 17.6 Å². The van der Waals surface area contributed by atoms with E-state index in [4.69, 9.17) is 5.11 Å². The normalized spacial score (nSPS) is 11.2. The number of nitrogens with one attached hydrogen (secondary N) is 1. The fourth-order valence-corrected chi connectivity index (χ4v) is 2.91. The molecule has 0 saturated carbocycles. The van der Waals surface area contributed by atoms with Crippen molar-refractivity contribution >= 4 is 21.7 Å². The molecule has 0 atom stereocenters. The molecular formula is C13H16FNO5S. The van der Waals surface area contributed by atoms with Gasteiger partial charge in [0.15, 0.2) is 9.84 Å². The van der Waals surface area contributed by atoms with Crippen LogP contribution in [0.1, 0.15) is 29.3 Å². The number of aryl methyl sites for hydroxylation is 1. The van der Waals surface area contributed by atoms with Gasteiger partial charge in [-0.1, -0.05) is 6.92 Å². The Balaban J connectivity index is 3.15. The number of carbonyl (C=O) groups excluding carboxylic acids is 1. The van der Waals surface area contributed by atoms with Crippen LogP contribution < -0.4 is 5.32 Å². The van der Waals surface area contributed by atoms with Gasteiger partial charge in [0.2, 0.25) is 5.91 Å². The Morgan fingerprint density at radius 3 is 2.48 bits per heavy atom. The van der Waals surface area contributed by atoms with Gasteiger partial charge in [0.25, 0.3) is 0 Å². The summed E-state index contributed by atoms with van der Waals surface area (Å²) < 4.78 is 37.7. The molecule has 0 unspecified atom stereocenters. The summed E-state index contributed by atoms with van der Waals surface area (Å²) in [6, 6.07) is 1.75. The minimum atomic E-state index is -4.03. The molecule has 1 rings (SSSR count). The van der Waals surface area contributed by atoms with Gasteiger partial charge in [-0.05, 0) is 31.0 Å². The van der Waals surface area contributed by atoms with Crippen molar-refractivity contribution in [1.29, 1.82) is 0 Å². The Hall–Kier alpha value is -1.96. The minimum Gasteiger partial charge on any atom is -0.478 e. The third-order valence-electron chi connectivity index (χ3n) is 2.71. The van der Waals surface area contributed by atoms with Crippen molar-refractivity contribution < 1.29 is 27.5 Å². The van der Waals surface area contributed by atoms with Crippen molar-refractivity contribution in [3.63, 3.8) is 0 Å². The average molecular weight is 317 g/mol. The van der Waals surface area contributed by atoms with Gasteiger partial charge in [0.05, 0.1) is 10.5 Å². The second-order valence-corrected chi connectivity index (χ2v) is 6.51. The van der Waals surface area contributed by atoms with Crippen LogP contribution in [-0.4, -0.2) is 37.7 Å². The molecule has 0 fully saturated rings. The molecule has 0 spiro atoms. The standard InChI is InChI=1S/C13H16FNO5S/c1-3-4-15-11(16)7-21(19,20)9-5-8(2)12(14)10(6-9)13(17)18/h5-6H,3-4,7H2,1-2H3,(H,15,16)(H,17,18). The predicted octanol–water partition coefficient (Wildman–Crippen LogP) is 1.13. The first-order valence-corrected chi connectivity index (χ1v) is 7.87. The fourth-order valence-electron chi connectivity index (χ4n) is 1.64. The zero-order valence-electron chi connectivity index (χ0n) is 11.6. The van der Waals surface area contributed by atoms with E-state index in [0.29, 0.717) is 13.0 Å². The summed E-state index contributed by atoms with van der Waals surface area (Å²) in [7, 11) is -4.03. The van der Waals surface area contributed by atoms with Crippen molar-refractivity contribution in [3.05, 3.63) is 29.1 Å². The molecule has 0 aliphatic carbocycles. The highest BCUT2D eigenvalue weighted by molar-refractivity contribution is 7.92. The molecule has 0 heterocycles. The highest BCUT2D eigenvalue weighted by Crippen LogP contribution is 2.20. The maximum atomic E-state index is 13.6. The third kappa shape index (κ3) is 4.25. The van der Waals surface area contributed by atoms with E-state index in [2.05, 4.69) is 5.32 Å². The largest absolute Gasteiger partial charge is 0.478 e. The van der Waals surface area contributed by atoms with E-state index in [-0.39, 0.29) is 10.5 Å². The van der Waals surface area contributed by atoms with Crippen LogP contribution in [0.5, 0.6) is 0 Å². The second-order valence-electron chi connectivity index (χ2n) is 4.52. The van der Waals surface area contributed by atoms with Crippen LogP contribution >= 0.6 is 0 Å². The molecular weight excluding hydrogens is 301 g/mol. The van der Waals surface area contributed by atoms with Gasteiger partial charge in [0, 0.05) is 6.54 Å². The number of carboxylic acids is 1. The summed E-state index contributed by atoms with van der Waals surface area (Å²) in [5.74, 6) is -4.05. The van der Waals surface area contributed by atoms with Gasteiger partial charge in [-0.2, -0.15) is 0 Å². The monoisotopic (exact) mass is 317 g/mol. The summed E-state index contributed by atoms with van der Waals surface area (Å²) in [6.07, 6.45) is 0.657. The predicted molar refractivity (Wildman–Crippen MR) is 73.4 cm³/mol. The van der Waals surface area contributed by atoms with E-state index in [1.807, 2.05) is 6.92 Å². The average Bonchev–Trinajstić information content (AvgIpc) is 2.38. The van der Waals surface area contributed by atoms with Gasteiger partial charge < -0.3 is 10.4 Å². The van der Waals surface area contributed by atoms with E-state index in [1.54, 1.807) is 0 Å². The first-order valence-electron chi connectivity index (χ1n) is 6.22. The van der Waals surface area contributed by atoms with Crippen molar-refractivity contribution in [3.8, 4) is 0 Å². The van der Waals surface area contributed by atoms with E-state index in [9.17, 15) is 22.4 Å². The molecule has 8 heteroatoms. The zero-order valence-corrected chi connectivity index (χ0v) is 12.5. The van der Waals surface area contributed by atoms with E-state index >= 15 is 0 Å². The van der Waals surface area contributed by atoms with Crippen LogP contribution in [0.15, 0.2) is 17.0 Å². The van der Waals surface area contributed by atoms with Gasteiger partial charge in [0.1, 0.15) is 11.6 Å². The first kappa shape index (κ1) is 17.1. The number of hydrogen-bond acceptors (Lipinski definition) is 4. The third-order valence-corrected chi connectivity index (χ3v) is 4.31. The molecule has 6 nitrogen and oxygen atoms in total. The number of hydrogen-bond donors (Lipinski definition) is 2. The summed E-state index contributed by atoms with van der Waals surface area (Å²) >= 11 is 0. The van der Waals surface area contributed by atoms with Crippen LogP contribution in [0.2, 0.25) is 0 Å². The van der Waals surface area contributed by atoms with Crippen LogP contribution in [0, 0.1) is 12.7 Å². The molecule has 0 aliphatic rings. The summed E-state index contributed by atoms with van der Waals surface area (Å²) in [4.78, 5) is 22.0. The van der Waals surface area contributed by atoms with Crippen molar-refractivity contribution in [2.75, 3.05) is 12.3 Å². The van der Waals surface area contributed by atoms with Gasteiger partial charge in [-0.3, -0.25) is 4.79 Å². The summed E-state index contributed by atoms with van der Waals surface area (Å²) in [5, 5.41) is 11.3. The lowest BCUT2D eigenvalue weighted by atomic mass is 10.1. The lowest BCUT2D eigenvalue weighted by Crippen LogP contribution is -2.31. The van der Waals surface area contributed by atoms with Crippen LogP contribution in [0.25, 0.3) is 0 Å². The smallest absolute Gasteiger partial charge is 0.338 e. The number of benzene rings is 1. The molecule has 1 aromatic carbocycles. The van der Waals surface area contributed by atoms with Gasteiger partial charge >= 0.3 is 5.97 Å². The quantitative estimate of drug-likeness (QED) is 0.766. The zero-order chi connectivity index (χ0) is 16.2. The van der Waals surface area contributed by atoms with E-state index in [1.165, 1.54) is 6.92 Å². The fraction of sp³-hybridized carbons (Fsp3) is 0.385. The Bertz CT molecular complexity index is 669. The minimum absolute atomic E-state index is 0.109. The van der Waals surface area contributed by atoms with Crippen LogP contribution in [-0.2, 0) is 14.6 Å². The molecule has 1 amide bonds. The summed E-state index contributed by atoms with van der Waals surface area (Å²) in [5.41, 5.74) is -0.843. The SMILES string of the molecule is CCCNC(=O)CS(=O)(=O)c1cc(C)c(F)c(C(=O)O)c1. The number of carbonyl (C=O) groups is 2. The van der Waals surface area contributed by atoms with Crippen molar-refractivity contribution in [1.82, 2.24) is 5.32 Å². The number of sulfone groups is 1. The lowest BCUT2D eigenvalue weighted by Gasteiger charge is -2.08. The molecule has 0 radical (unpaired) electrons. The van der Waals surface area contributed by atoms with Gasteiger partial charge in [-0.15, -0.1) is 0 Å². The maximum absolute atomic E-state index is 13.6. The molecule has 2 N–H and O–H groups in total. The van der Waals surface area contributed by atoms with E-state index < -0.39 is 38.8 Å². The Morgan fingerprint density at radius 1 is 1.33 bits per heavy atom. The first-order chi connectivity index (χ1) is 9.69. The summed E-state index contributed by atoms with van der Waals surface area (Å²) in [6.45, 7) is 3.42. The number of halogens is 1. The molecule has 0 saturated heterocycles. The Labute approximate surface area is 121 Å². The molecule has 21 heavy (non-hydrogen) atoms. The number of rotatable bonds is 6. The lowest BCUT2D eigenvalue weighted by molar-refractivity contribution is -0.118. The van der Waals surface area contributed by atoms with E-state index in [0.717, 1.165) is 12.1 Å². The van der Waals surface area contributed by atoms with Crippen LogP contribution in [0.3, 0.4) is 0 Å². The Kier molecular flexibility index (Phi) is 5.42. The Morgan fingerprint density at radius 2 is 1.95 bits per heavy atom. The molecule has 0 aromatic heterocycles. The highest BCUT2D eigenvalue weighted by atomic mass is 32.2. The number of carboxylic acid groups (broad SMARTS) is 1. The second kappa shape index (κ2) is 6.66. The molecule has 0 aliphatic heterocycles. The van der Waals surface area contributed by atoms with Crippen LogP contribution in [0.4, 0.5) is 4.39 Å². The number of amides is 1. The number of aromatic carboxylic acids is 1. The van der Waals surface area contributed by atoms with Crippen molar-refractivity contribution in [2.45, 2.75) is 25.2 Å². The maximum Gasteiger partial charge on any atom is 0.338 e. The molecule has 1 aromatic rings. The van der Waals surface area contributed by atoms with Crippen molar-refractivity contribution in [2.24, 2.45) is 0 Å². The topological polar surface area (TPSA) is 101 Å². The molecule has 116 valence electrons. The molecule has 0 bridgehead atoms. The highest BCUT2D eigenvalue weighted by Gasteiger charge is 2.23.